The highest BCUT2D eigenvalue weighted by molar-refractivity contribution is 4.99. The maximum atomic E-state index is 3.97. The standard InChI is InChI=1S/C18H36N2/c1-4-5-9-12-20-15-18(10-7-6-8-11-18)19-14-17(20)13-16(2)3/h16-17,19H,4-15H2,1-3H3. The number of hydrogen-bond acceptors (Lipinski definition) is 2. The normalized spacial score (nSPS) is 27.3. The van der Waals surface area contributed by atoms with Crippen LogP contribution in [0, 0.1) is 5.92 Å². The molecule has 2 heteroatoms. The number of unbranched alkanes of at least 4 members (excludes halogenated alkanes) is 2. The first-order valence-corrected chi connectivity index (χ1v) is 9.14. The van der Waals surface area contributed by atoms with Gasteiger partial charge in [0.25, 0.3) is 0 Å². The topological polar surface area (TPSA) is 15.3 Å². The second kappa shape index (κ2) is 7.79. The molecular formula is C18H36N2. The van der Waals surface area contributed by atoms with Crippen LogP contribution in [0.3, 0.4) is 0 Å². The lowest BCUT2D eigenvalue weighted by molar-refractivity contribution is 0.0458. The van der Waals surface area contributed by atoms with Crippen LogP contribution in [0.4, 0.5) is 0 Å². The fraction of sp³-hybridized carbons (Fsp3) is 1.00. The quantitative estimate of drug-likeness (QED) is 0.734. The van der Waals surface area contributed by atoms with Gasteiger partial charge in [-0.05, 0) is 38.1 Å². The van der Waals surface area contributed by atoms with E-state index in [1.807, 2.05) is 0 Å². The molecule has 0 aromatic heterocycles. The Balaban J connectivity index is 1.94. The molecule has 0 radical (unpaired) electrons. The first-order valence-electron chi connectivity index (χ1n) is 9.14. The van der Waals surface area contributed by atoms with Crippen molar-refractivity contribution in [3.05, 3.63) is 0 Å². The predicted molar refractivity (Wildman–Crippen MR) is 88.2 cm³/mol. The van der Waals surface area contributed by atoms with Crippen molar-refractivity contribution in [2.45, 2.75) is 90.1 Å². The van der Waals surface area contributed by atoms with Crippen molar-refractivity contribution in [1.82, 2.24) is 10.2 Å². The molecule has 2 fully saturated rings. The van der Waals surface area contributed by atoms with Crippen LogP contribution in [0.1, 0.15) is 78.6 Å². The van der Waals surface area contributed by atoms with Crippen LogP contribution in [0.5, 0.6) is 0 Å². The fourth-order valence-electron chi connectivity index (χ4n) is 4.20. The summed E-state index contributed by atoms with van der Waals surface area (Å²) in [6.45, 7) is 10.9. The summed E-state index contributed by atoms with van der Waals surface area (Å²) < 4.78 is 0. The van der Waals surface area contributed by atoms with E-state index in [4.69, 9.17) is 0 Å². The van der Waals surface area contributed by atoms with Crippen molar-refractivity contribution in [1.29, 1.82) is 0 Å². The van der Waals surface area contributed by atoms with E-state index in [9.17, 15) is 0 Å². The van der Waals surface area contributed by atoms with Crippen LogP contribution in [0.2, 0.25) is 0 Å². The maximum absolute atomic E-state index is 3.97. The van der Waals surface area contributed by atoms with Crippen LogP contribution in [0.15, 0.2) is 0 Å². The van der Waals surface area contributed by atoms with E-state index in [1.165, 1.54) is 77.4 Å². The molecule has 118 valence electrons. The van der Waals surface area contributed by atoms with Crippen molar-refractivity contribution in [3.8, 4) is 0 Å². The zero-order valence-corrected chi connectivity index (χ0v) is 14.1. The monoisotopic (exact) mass is 280 g/mol. The molecule has 0 bridgehead atoms. The summed E-state index contributed by atoms with van der Waals surface area (Å²) in [5.41, 5.74) is 0.470. The van der Waals surface area contributed by atoms with Crippen LogP contribution in [-0.4, -0.2) is 36.1 Å². The Morgan fingerprint density at radius 3 is 2.55 bits per heavy atom. The van der Waals surface area contributed by atoms with Crippen LogP contribution in [0.25, 0.3) is 0 Å². The van der Waals surface area contributed by atoms with E-state index in [1.54, 1.807) is 0 Å². The van der Waals surface area contributed by atoms with E-state index in [0.717, 1.165) is 12.0 Å². The summed E-state index contributed by atoms with van der Waals surface area (Å²) in [7, 11) is 0. The molecule has 2 aliphatic rings. The third-order valence-corrected chi connectivity index (χ3v) is 5.34. The molecule has 1 spiro atoms. The Bertz CT molecular complexity index is 269. The first-order chi connectivity index (χ1) is 9.65. The molecule has 0 amide bonds. The zero-order valence-electron chi connectivity index (χ0n) is 14.1. The first kappa shape index (κ1) is 16.3. The lowest BCUT2D eigenvalue weighted by Crippen LogP contribution is -2.65. The fourth-order valence-corrected chi connectivity index (χ4v) is 4.20. The van der Waals surface area contributed by atoms with Crippen LogP contribution >= 0.6 is 0 Å². The molecule has 1 atom stereocenters. The summed E-state index contributed by atoms with van der Waals surface area (Å²) in [5, 5.41) is 3.97. The Labute approximate surface area is 126 Å². The van der Waals surface area contributed by atoms with E-state index in [0.29, 0.717) is 5.54 Å². The van der Waals surface area contributed by atoms with Gasteiger partial charge in [0.15, 0.2) is 0 Å². The van der Waals surface area contributed by atoms with Gasteiger partial charge in [0.2, 0.25) is 0 Å². The average Bonchev–Trinajstić information content (AvgIpc) is 2.43. The highest BCUT2D eigenvalue weighted by atomic mass is 15.3. The van der Waals surface area contributed by atoms with E-state index in [-0.39, 0.29) is 0 Å². The zero-order chi connectivity index (χ0) is 14.4. The molecule has 2 rings (SSSR count). The Morgan fingerprint density at radius 2 is 1.90 bits per heavy atom. The van der Waals surface area contributed by atoms with Gasteiger partial charge in [0.05, 0.1) is 0 Å². The number of hydrogen-bond donors (Lipinski definition) is 1. The molecule has 20 heavy (non-hydrogen) atoms. The minimum atomic E-state index is 0.470. The Hall–Kier alpha value is -0.0800. The van der Waals surface area contributed by atoms with Gasteiger partial charge in [-0.1, -0.05) is 52.9 Å². The second-order valence-electron chi connectivity index (χ2n) is 7.68. The van der Waals surface area contributed by atoms with Crippen molar-refractivity contribution >= 4 is 0 Å². The van der Waals surface area contributed by atoms with E-state index >= 15 is 0 Å². The van der Waals surface area contributed by atoms with Gasteiger partial charge < -0.3 is 5.32 Å². The van der Waals surface area contributed by atoms with Crippen LogP contribution in [-0.2, 0) is 0 Å². The molecule has 1 N–H and O–H groups in total. The van der Waals surface area contributed by atoms with Crippen LogP contribution < -0.4 is 5.32 Å². The van der Waals surface area contributed by atoms with Gasteiger partial charge in [0, 0.05) is 24.7 Å². The average molecular weight is 280 g/mol. The van der Waals surface area contributed by atoms with Gasteiger partial charge in [-0.15, -0.1) is 0 Å². The summed E-state index contributed by atoms with van der Waals surface area (Å²) in [6.07, 6.45) is 12.6. The molecule has 0 aromatic carbocycles. The van der Waals surface area contributed by atoms with Gasteiger partial charge in [0.1, 0.15) is 0 Å². The number of piperazine rings is 1. The van der Waals surface area contributed by atoms with E-state index < -0.39 is 0 Å². The molecule has 1 saturated heterocycles. The van der Waals surface area contributed by atoms with Crippen molar-refractivity contribution in [3.63, 3.8) is 0 Å². The van der Waals surface area contributed by atoms with Gasteiger partial charge in [-0.3, -0.25) is 4.90 Å². The largest absolute Gasteiger partial charge is 0.308 e. The van der Waals surface area contributed by atoms with Gasteiger partial charge in [-0.2, -0.15) is 0 Å². The number of nitrogens with zero attached hydrogens (tertiary/aromatic N) is 1. The highest BCUT2D eigenvalue weighted by Gasteiger charge is 2.39. The number of rotatable bonds is 6. The second-order valence-corrected chi connectivity index (χ2v) is 7.68. The van der Waals surface area contributed by atoms with Crippen molar-refractivity contribution in [2.24, 2.45) is 5.92 Å². The van der Waals surface area contributed by atoms with Crippen molar-refractivity contribution in [2.75, 3.05) is 19.6 Å². The number of nitrogens with one attached hydrogen (secondary N) is 1. The highest BCUT2D eigenvalue weighted by Crippen LogP contribution is 2.33. The molecule has 1 unspecified atom stereocenters. The Kier molecular flexibility index (Phi) is 6.35. The summed E-state index contributed by atoms with van der Waals surface area (Å²) in [4.78, 5) is 2.84. The smallest absolute Gasteiger partial charge is 0.0309 e. The summed E-state index contributed by atoms with van der Waals surface area (Å²) in [5.74, 6) is 0.816. The minimum absolute atomic E-state index is 0.470. The molecule has 1 saturated carbocycles. The van der Waals surface area contributed by atoms with Crippen molar-refractivity contribution < 1.29 is 0 Å². The minimum Gasteiger partial charge on any atom is -0.308 e. The maximum Gasteiger partial charge on any atom is 0.0309 e. The molecule has 1 aliphatic carbocycles. The molecule has 2 nitrogen and oxygen atoms in total. The molecule has 1 heterocycles. The molecule has 1 aliphatic heterocycles. The Morgan fingerprint density at radius 1 is 1.15 bits per heavy atom. The predicted octanol–water partition coefficient (Wildman–Crippen LogP) is 4.20. The molecular weight excluding hydrogens is 244 g/mol. The summed E-state index contributed by atoms with van der Waals surface area (Å²) >= 11 is 0. The lowest BCUT2D eigenvalue weighted by atomic mass is 9.79. The summed E-state index contributed by atoms with van der Waals surface area (Å²) in [6, 6.07) is 0.777. The molecule has 0 aromatic rings. The van der Waals surface area contributed by atoms with E-state index in [2.05, 4.69) is 31.0 Å². The third kappa shape index (κ3) is 4.46. The van der Waals surface area contributed by atoms with Gasteiger partial charge in [-0.25, -0.2) is 0 Å². The van der Waals surface area contributed by atoms with Gasteiger partial charge >= 0.3 is 0 Å². The lowest BCUT2D eigenvalue weighted by Gasteiger charge is -2.50. The SMILES string of the molecule is CCCCCN1CC2(CCCCC2)NCC1CC(C)C. The third-order valence-electron chi connectivity index (χ3n) is 5.34.